The maximum Gasteiger partial charge on any atom is 0.137 e. The Morgan fingerprint density at radius 3 is 0.958 bits per heavy atom. The average molecular weight is 675 g/mol. The molecule has 3 rings (SSSR count). The van der Waals surface area contributed by atoms with E-state index in [0.29, 0.717) is 50.1 Å². The predicted molar refractivity (Wildman–Crippen MR) is 206 cm³/mol. The van der Waals surface area contributed by atoms with Gasteiger partial charge in [0.05, 0.1) is 0 Å². The van der Waals surface area contributed by atoms with Crippen LogP contribution in [0, 0.1) is 50.9 Å². The molecule has 0 saturated heterocycles. The molecule has 4 heteroatoms. The Bertz CT molecular complexity index is 1340. The van der Waals surface area contributed by atoms with Gasteiger partial charge in [0, 0.05) is 43.5 Å². The van der Waals surface area contributed by atoms with E-state index in [2.05, 4.69) is 126 Å². The Morgan fingerprint density at radius 1 is 0.438 bits per heavy atom. The molecule has 0 aliphatic rings. The van der Waals surface area contributed by atoms with Crippen LogP contribution in [-0.4, -0.2) is 17.3 Å². The number of halogens is 1. The molecule has 0 radical (unpaired) electrons. The van der Waals surface area contributed by atoms with Crippen molar-refractivity contribution in [1.82, 2.24) is 0 Å². The molecule has 3 aromatic carbocycles. The lowest BCUT2D eigenvalue weighted by Gasteiger charge is -2.16. The second-order valence-corrected chi connectivity index (χ2v) is 17.7. The molecule has 0 aromatic heterocycles. The second kappa shape index (κ2) is 18.6. The highest BCUT2D eigenvalue weighted by atomic mass is 35.5. The molecule has 0 atom stereocenters. The minimum Gasteiger partial charge on any atom is -0.299 e. The summed E-state index contributed by atoms with van der Waals surface area (Å²) in [6.45, 7) is 29.2. The van der Waals surface area contributed by atoms with Crippen LogP contribution >= 0.6 is 11.6 Å². The highest BCUT2D eigenvalue weighted by molar-refractivity contribution is 6.31. The number of carbonyl (C=O) groups excluding carboxylic acids is 3. The number of hydrogen-bond donors (Lipinski definition) is 0. The quantitative estimate of drug-likeness (QED) is 0.227. The van der Waals surface area contributed by atoms with Gasteiger partial charge >= 0.3 is 0 Å². The second-order valence-electron chi connectivity index (χ2n) is 17.3. The first-order valence-corrected chi connectivity index (χ1v) is 17.6. The molecule has 0 unspecified atom stereocenters. The molecular weight excluding hydrogens is 612 g/mol. The molecule has 0 aliphatic heterocycles. The van der Waals surface area contributed by atoms with E-state index in [9.17, 15) is 14.4 Å². The zero-order chi connectivity index (χ0) is 37.0. The van der Waals surface area contributed by atoms with E-state index in [1.807, 2.05) is 25.1 Å². The van der Waals surface area contributed by atoms with Gasteiger partial charge < -0.3 is 0 Å². The van der Waals surface area contributed by atoms with Crippen LogP contribution in [-0.2, 0) is 33.6 Å². The first-order valence-electron chi connectivity index (χ1n) is 17.3. The van der Waals surface area contributed by atoms with E-state index in [4.69, 9.17) is 11.6 Å². The third-order valence-electron chi connectivity index (χ3n) is 7.75. The van der Waals surface area contributed by atoms with Crippen molar-refractivity contribution in [2.24, 2.45) is 16.2 Å². The molecule has 0 aliphatic carbocycles. The summed E-state index contributed by atoms with van der Waals surface area (Å²) in [6, 6.07) is 18.3. The zero-order valence-electron chi connectivity index (χ0n) is 32.5. The SMILES string of the molecule is Cc1cc(CC(=O)CC(C)(C)C)ccc1Cl.Cc1ccc(CC(=O)CC(C)(C)C)cc1C.Cc1ccc(CC(=O)CC(C)(C)C)cc1C. The third kappa shape index (κ3) is 19.1. The molecule has 0 amide bonds. The van der Waals surface area contributed by atoms with Gasteiger partial charge in [0.1, 0.15) is 17.3 Å². The maximum absolute atomic E-state index is 11.8. The molecule has 0 N–H and O–H groups in total. The Labute approximate surface area is 298 Å². The number of rotatable bonds is 9. The number of hydrogen-bond acceptors (Lipinski definition) is 3. The van der Waals surface area contributed by atoms with Crippen LogP contribution in [0.2, 0.25) is 5.02 Å². The van der Waals surface area contributed by atoms with Crippen LogP contribution in [0.4, 0.5) is 0 Å². The van der Waals surface area contributed by atoms with E-state index >= 15 is 0 Å². The van der Waals surface area contributed by atoms with Crippen LogP contribution in [0.5, 0.6) is 0 Å². The van der Waals surface area contributed by atoms with Gasteiger partial charge in [0.2, 0.25) is 0 Å². The summed E-state index contributed by atoms with van der Waals surface area (Å²) in [4.78, 5) is 35.4. The van der Waals surface area contributed by atoms with E-state index < -0.39 is 0 Å². The Kier molecular flexibility index (Phi) is 16.7. The number of carbonyl (C=O) groups is 3. The normalized spacial score (nSPS) is 11.6. The lowest BCUT2D eigenvalue weighted by Crippen LogP contribution is -2.14. The van der Waals surface area contributed by atoms with Gasteiger partial charge in [-0.15, -0.1) is 0 Å². The maximum atomic E-state index is 11.8. The molecule has 0 heterocycles. The standard InChI is InChI=1S/2C15H22O.C14H19ClO/c2*1-11-6-7-13(8-12(11)2)9-14(16)10-15(3,4)5;1-10-7-11(5-6-13(10)15)8-12(16)9-14(2,3)4/h2*6-8H,9-10H2,1-5H3;5-7H,8-9H2,1-4H3. The van der Waals surface area contributed by atoms with E-state index in [1.165, 1.54) is 22.3 Å². The van der Waals surface area contributed by atoms with Crippen LogP contribution in [0.1, 0.15) is 126 Å². The largest absolute Gasteiger partial charge is 0.299 e. The molecular formula is C44H63ClO3. The first kappa shape index (κ1) is 43.0. The topological polar surface area (TPSA) is 51.2 Å². The van der Waals surface area contributed by atoms with Crippen molar-refractivity contribution >= 4 is 29.0 Å². The number of aryl methyl sites for hydroxylation is 5. The van der Waals surface area contributed by atoms with E-state index in [1.54, 1.807) is 0 Å². The van der Waals surface area contributed by atoms with Crippen LogP contribution in [0.3, 0.4) is 0 Å². The molecule has 0 fully saturated rings. The fraction of sp³-hybridized carbons (Fsp3) is 0.523. The summed E-state index contributed by atoms with van der Waals surface area (Å²) >= 11 is 5.94. The highest BCUT2D eigenvalue weighted by Crippen LogP contribution is 2.23. The third-order valence-corrected chi connectivity index (χ3v) is 8.18. The minimum atomic E-state index is 0.0680. The zero-order valence-corrected chi connectivity index (χ0v) is 33.3. The van der Waals surface area contributed by atoms with Crippen LogP contribution < -0.4 is 0 Å². The van der Waals surface area contributed by atoms with Gasteiger partial charge in [0.15, 0.2) is 0 Å². The summed E-state index contributed by atoms with van der Waals surface area (Å²) < 4.78 is 0. The molecule has 264 valence electrons. The van der Waals surface area contributed by atoms with Crippen LogP contribution in [0.15, 0.2) is 54.6 Å². The smallest absolute Gasteiger partial charge is 0.137 e. The molecule has 48 heavy (non-hydrogen) atoms. The van der Waals surface area contributed by atoms with Gasteiger partial charge in [-0.05, 0) is 101 Å². The Morgan fingerprint density at radius 2 is 0.708 bits per heavy atom. The summed E-state index contributed by atoms with van der Waals surface area (Å²) in [5.74, 6) is 0.945. The number of benzene rings is 3. The van der Waals surface area contributed by atoms with E-state index in [-0.39, 0.29) is 22.0 Å². The van der Waals surface area contributed by atoms with Crippen LogP contribution in [0.25, 0.3) is 0 Å². The summed E-state index contributed by atoms with van der Waals surface area (Å²) in [6.07, 6.45) is 3.57. The Balaban J connectivity index is 0.000000360. The Hall–Kier alpha value is -3.04. The van der Waals surface area contributed by atoms with Gasteiger partial charge in [-0.2, -0.15) is 0 Å². The number of Topliss-reactive ketones (excluding diaryl/α,β-unsaturated/α-hetero) is 3. The lowest BCUT2D eigenvalue weighted by molar-refractivity contribution is -0.121. The van der Waals surface area contributed by atoms with Crippen molar-refractivity contribution in [2.45, 2.75) is 135 Å². The summed E-state index contributed by atoms with van der Waals surface area (Å²) in [7, 11) is 0. The lowest BCUT2D eigenvalue weighted by atomic mass is 9.88. The monoisotopic (exact) mass is 674 g/mol. The molecule has 0 bridgehead atoms. The number of ketones is 3. The fourth-order valence-corrected chi connectivity index (χ4v) is 5.41. The van der Waals surface area contributed by atoms with Crippen molar-refractivity contribution in [2.75, 3.05) is 0 Å². The average Bonchev–Trinajstić information content (AvgIpc) is 2.88. The molecule has 0 spiro atoms. The van der Waals surface area contributed by atoms with E-state index in [0.717, 1.165) is 27.3 Å². The van der Waals surface area contributed by atoms with Crippen molar-refractivity contribution in [1.29, 1.82) is 0 Å². The molecule has 0 saturated carbocycles. The minimum absolute atomic E-state index is 0.0680. The van der Waals surface area contributed by atoms with Gasteiger partial charge in [-0.25, -0.2) is 0 Å². The first-order chi connectivity index (χ1) is 21.8. The van der Waals surface area contributed by atoms with Gasteiger partial charge in [-0.1, -0.05) is 122 Å². The fourth-order valence-electron chi connectivity index (χ4n) is 5.29. The predicted octanol–water partition coefficient (Wildman–Crippen LogP) is 11.9. The summed E-state index contributed by atoms with van der Waals surface area (Å²) in [5, 5.41) is 0.757. The van der Waals surface area contributed by atoms with Crippen molar-refractivity contribution in [3.63, 3.8) is 0 Å². The highest BCUT2D eigenvalue weighted by Gasteiger charge is 2.18. The molecule has 3 aromatic rings. The van der Waals surface area contributed by atoms with Crippen molar-refractivity contribution in [3.8, 4) is 0 Å². The summed E-state index contributed by atoms with van der Waals surface area (Å²) in [5.41, 5.74) is 9.71. The van der Waals surface area contributed by atoms with Crippen molar-refractivity contribution in [3.05, 3.63) is 104 Å². The van der Waals surface area contributed by atoms with Crippen molar-refractivity contribution < 1.29 is 14.4 Å². The van der Waals surface area contributed by atoms with Gasteiger partial charge in [-0.3, -0.25) is 14.4 Å². The van der Waals surface area contributed by atoms with Gasteiger partial charge in [0.25, 0.3) is 0 Å². The molecule has 3 nitrogen and oxygen atoms in total.